The molecule has 2 N–H and O–H groups in total. The van der Waals surface area contributed by atoms with E-state index in [-0.39, 0.29) is 6.61 Å². The van der Waals surface area contributed by atoms with E-state index in [1.54, 1.807) is 13.3 Å². The Bertz CT molecular complexity index is 960. The molecule has 0 aliphatic heterocycles. The molecule has 3 aromatic rings. The van der Waals surface area contributed by atoms with Gasteiger partial charge in [0.15, 0.2) is 0 Å². The highest BCUT2D eigenvalue weighted by Crippen LogP contribution is 2.30. The minimum Gasteiger partial charge on any atom is -0.497 e. The summed E-state index contributed by atoms with van der Waals surface area (Å²) < 4.78 is 5.18. The SMILES string of the molecule is CCc1cc(C#N)cc2c(NCc3ccc(OC)cc3)c(CO)cnc12. The predicted molar refractivity (Wildman–Crippen MR) is 102 cm³/mol. The molecule has 0 amide bonds. The fourth-order valence-corrected chi connectivity index (χ4v) is 3.01. The first-order valence-electron chi connectivity index (χ1n) is 8.52. The number of benzene rings is 2. The summed E-state index contributed by atoms with van der Waals surface area (Å²) >= 11 is 0. The lowest BCUT2D eigenvalue weighted by atomic mass is 10.0. The van der Waals surface area contributed by atoms with Gasteiger partial charge in [0, 0.05) is 23.7 Å². The number of ether oxygens (including phenoxy) is 1. The molecule has 2 aromatic carbocycles. The van der Waals surface area contributed by atoms with Gasteiger partial charge in [0.25, 0.3) is 0 Å². The van der Waals surface area contributed by atoms with E-state index >= 15 is 0 Å². The molecule has 0 saturated carbocycles. The Morgan fingerprint density at radius 1 is 1.19 bits per heavy atom. The molecule has 0 fully saturated rings. The number of pyridine rings is 1. The quantitative estimate of drug-likeness (QED) is 0.709. The van der Waals surface area contributed by atoms with Crippen molar-refractivity contribution in [1.82, 2.24) is 4.98 Å². The lowest BCUT2D eigenvalue weighted by molar-refractivity contribution is 0.282. The number of anilines is 1. The number of nitriles is 1. The van der Waals surface area contributed by atoms with Crippen LogP contribution in [0, 0.1) is 11.3 Å². The van der Waals surface area contributed by atoms with Gasteiger partial charge in [0.1, 0.15) is 5.75 Å². The maximum atomic E-state index is 9.73. The van der Waals surface area contributed by atoms with Gasteiger partial charge in [-0.3, -0.25) is 4.98 Å². The van der Waals surface area contributed by atoms with Gasteiger partial charge in [0.2, 0.25) is 0 Å². The Kier molecular flexibility index (Phi) is 5.35. The standard InChI is InChI=1S/C21H21N3O2/c1-3-16-8-15(10-22)9-19-20(16)24-12-17(13-25)21(19)23-11-14-4-6-18(26-2)7-5-14/h4-9,12,25H,3,11,13H2,1-2H3,(H,23,24). The molecule has 26 heavy (non-hydrogen) atoms. The molecule has 0 radical (unpaired) electrons. The summed E-state index contributed by atoms with van der Waals surface area (Å²) in [6.45, 7) is 2.52. The second kappa shape index (κ2) is 7.85. The van der Waals surface area contributed by atoms with Crippen molar-refractivity contribution in [2.45, 2.75) is 26.5 Å². The second-order valence-corrected chi connectivity index (χ2v) is 6.02. The number of nitrogens with one attached hydrogen (secondary N) is 1. The van der Waals surface area contributed by atoms with Crippen molar-refractivity contribution in [3.8, 4) is 11.8 Å². The summed E-state index contributed by atoms with van der Waals surface area (Å²) in [5.41, 5.74) is 5.10. The van der Waals surface area contributed by atoms with Gasteiger partial charge in [-0.15, -0.1) is 0 Å². The Balaban J connectivity index is 2.03. The molecule has 1 heterocycles. The number of aromatic nitrogens is 1. The molecule has 1 aromatic heterocycles. The van der Waals surface area contributed by atoms with E-state index < -0.39 is 0 Å². The minimum atomic E-state index is -0.119. The summed E-state index contributed by atoms with van der Waals surface area (Å²) in [5, 5.41) is 23.3. The van der Waals surface area contributed by atoms with Crippen molar-refractivity contribution in [2.75, 3.05) is 12.4 Å². The van der Waals surface area contributed by atoms with Crippen LogP contribution in [0.3, 0.4) is 0 Å². The van der Waals surface area contributed by atoms with Crippen LogP contribution in [0.4, 0.5) is 5.69 Å². The lowest BCUT2D eigenvalue weighted by Crippen LogP contribution is -2.05. The summed E-state index contributed by atoms with van der Waals surface area (Å²) in [6.07, 6.45) is 2.49. The van der Waals surface area contributed by atoms with Gasteiger partial charge >= 0.3 is 0 Å². The van der Waals surface area contributed by atoms with Gasteiger partial charge in [-0.05, 0) is 41.8 Å². The number of hydrogen-bond donors (Lipinski definition) is 2. The van der Waals surface area contributed by atoms with Crippen LogP contribution < -0.4 is 10.1 Å². The summed E-state index contributed by atoms with van der Waals surface area (Å²) in [7, 11) is 1.64. The van der Waals surface area contributed by atoms with Gasteiger partial charge in [0.05, 0.1) is 36.6 Å². The number of hydrogen-bond acceptors (Lipinski definition) is 5. The molecule has 5 nitrogen and oxygen atoms in total. The van der Waals surface area contributed by atoms with Crippen LogP contribution in [0.25, 0.3) is 10.9 Å². The summed E-state index contributed by atoms with van der Waals surface area (Å²) in [4.78, 5) is 4.51. The zero-order chi connectivity index (χ0) is 18.5. The monoisotopic (exact) mass is 347 g/mol. The highest BCUT2D eigenvalue weighted by Gasteiger charge is 2.12. The highest BCUT2D eigenvalue weighted by atomic mass is 16.5. The third kappa shape index (κ3) is 3.46. The predicted octanol–water partition coefficient (Wildman–Crippen LogP) is 3.78. The van der Waals surface area contributed by atoms with Crippen LogP contribution >= 0.6 is 0 Å². The molecule has 0 atom stereocenters. The van der Waals surface area contributed by atoms with Crippen molar-refractivity contribution in [1.29, 1.82) is 5.26 Å². The maximum absolute atomic E-state index is 9.73. The number of fused-ring (bicyclic) bond motifs is 1. The van der Waals surface area contributed by atoms with Crippen molar-refractivity contribution in [2.24, 2.45) is 0 Å². The van der Waals surface area contributed by atoms with E-state index in [1.807, 2.05) is 43.3 Å². The van der Waals surface area contributed by atoms with Gasteiger partial charge in [-0.2, -0.15) is 5.26 Å². The Morgan fingerprint density at radius 2 is 1.96 bits per heavy atom. The average molecular weight is 347 g/mol. The molecular formula is C21H21N3O2. The Morgan fingerprint density at radius 3 is 2.58 bits per heavy atom. The molecule has 0 bridgehead atoms. The largest absolute Gasteiger partial charge is 0.497 e. The maximum Gasteiger partial charge on any atom is 0.118 e. The van der Waals surface area contributed by atoms with Crippen molar-refractivity contribution >= 4 is 16.6 Å². The van der Waals surface area contributed by atoms with E-state index in [0.29, 0.717) is 17.7 Å². The molecule has 0 unspecified atom stereocenters. The molecule has 5 heteroatoms. The van der Waals surface area contributed by atoms with E-state index in [9.17, 15) is 10.4 Å². The number of aliphatic hydroxyl groups excluding tert-OH is 1. The molecule has 0 spiro atoms. The number of aliphatic hydroxyl groups is 1. The molecule has 0 aliphatic rings. The highest BCUT2D eigenvalue weighted by molar-refractivity contribution is 5.95. The Labute approximate surface area is 152 Å². The number of aryl methyl sites for hydroxylation is 1. The van der Waals surface area contributed by atoms with Crippen LogP contribution in [0.15, 0.2) is 42.6 Å². The van der Waals surface area contributed by atoms with Crippen LogP contribution in [-0.2, 0) is 19.6 Å². The van der Waals surface area contributed by atoms with E-state index in [2.05, 4.69) is 16.4 Å². The third-order valence-electron chi connectivity index (χ3n) is 4.44. The lowest BCUT2D eigenvalue weighted by Gasteiger charge is -2.15. The van der Waals surface area contributed by atoms with Crippen molar-refractivity contribution in [3.63, 3.8) is 0 Å². The zero-order valence-corrected chi connectivity index (χ0v) is 14.9. The van der Waals surface area contributed by atoms with Crippen LogP contribution in [0.1, 0.15) is 29.2 Å². The van der Waals surface area contributed by atoms with Crippen molar-refractivity contribution < 1.29 is 9.84 Å². The molecule has 0 saturated heterocycles. The van der Waals surface area contributed by atoms with E-state index in [1.165, 1.54) is 0 Å². The first-order chi connectivity index (χ1) is 12.7. The Hall–Kier alpha value is -3.10. The third-order valence-corrected chi connectivity index (χ3v) is 4.44. The van der Waals surface area contributed by atoms with Crippen molar-refractivity contribution in [3.05, 3.63) is 64.8 Å². The normalized spacial score (nSPS) is 10.5. The van der Waals surface area contributed by atoms with Gasteiger partial charge in [-0.25, -0.2) is 0 Å². The number of methoxy groups -OCH3 is 1. The first kappa shape index (κ1) is 17.7. The molecular weight excluding hydrogens is 326 g/mol. The van der Waals surface area contributed by atoms with Crippen LogP contribution in [0.2, 0.25) is 0 Å². The fraction of sp³-hybridized carbons (Fsp3) is 0.238. The smallest absolute Gasteiger partial charge is 0.118 e. The van der Waals surface area contributed by atoms with Crippen LogP contribution in [-0.4, -0.2) is 17.2 Å². The summed E-state index contributed by atoms with van der Waals surface area (Å²) in [6, 6.07) is 13.7. The van der Waals surface area contributed by atoms with E-state index in [4.69, 9.17) is 4.74 Å². The number of rotatable bonds is 6. The average Bonchev–Trinajstić information content (AvgIpc) is 2.71. The number of nitrogens with zero attached hydrogens (tertiary/aromatic N) is 2. The first-order valence-corrected chi connectivity index (χ1v) is 8.52. The molecule has 0 aliphatic carbocycles. The zero-order valence-electron chi connectivity index (χ0n) is 14.9. The minimum absolute atomic E-state index is 0.119. The molecule has 132 valence electrons. The van der Waals surface area contributed by atoms with Gasteiger partial charge in [-0.1, -0.05) is 19.1 Å². The molecule has 3 rings (SSSR count). The fourth-order valence-electron chi connectivity index (χ4n) is 3.01. The topological polar surface area (TPSA) is 78.2 Å². The van der Waals surface area contributed by atoms with E-state index in [0.717, 1.165) is 39.9 Å². The van der Waals surface area contributed by atoms with Crippen LogP contribution in [0.5, 0.6) is 5.75 Å². The second-order valence-electron chi connectivity index (χ2n) is 6.02. The van der Waals surface area contributed by atoms with Gasteiger partial charge < -0.3 is 15.2 Å². The summed E-state index contributed by atoms with van der Waals surface area (Å²) in [5.74, 6) is 0.811.